The zero-order valence-corrected chi connectivity index (χ0v) is 17.2. The van der Waals surface area contributed by atoms with Crippen LogP contribution in [0.3, 0.4) is 0 Å². The Bertz CT molecular complexity index is 1020. The largest absolute Gasteiger partial charge is 0.692 e. The fourth-order valence-electron chi connectivity index (χ4n) is 2.77. The minimum atomic E-state index is -0.495. The van der Waals surface area contributed by atoms with E-state index in [0.29, 0.717) is 21.2 Å². The molecule has 0 fully saturated rings. The third-order valence-electron chi connectivity index (χ3n) is 4.09. The van der Waals surface area contributed by atoms with Crippen LogP contribution >= 0.6 is 34.8 Å². The zero-order valence-electron chi connectivity index (χ0n) is 14.9. The fraction of sp³-hybridized carbons (Fsp3) is 0.105. The van der Waals surface area contributed by atoms with Crippen molar-refractivity contribution in [1.82, 2.24) is 5.32 Å². The highest BCUT2D eigenvalue weighted by Gasteiger charge is 2.30. The second-order valence-corrected chi connectivity index (χ2v) is 7.29. The van der Waals surface area contributed by atoms with Gasteiger partial charge in [0.1, 0.15) is 5.69 Å². The highest BCUT2D eigenvalue weighted by Crippen LogP contribution is 2.37. The average molecular weight is 454 g/mol. The number of amides is 2. The molecular weight excluding hydrogens is 439 g/mol. The molecule has 1 aliphatic rings. The van der Waals surface area contributed by atoms with Crippen LogP contribution in [0.5, 0.6) is 0 Å². The predicted molar refractivity (Wildman–Crippen MR) is 115 cm³/mol. The van der Waals surface area contributed by atoms with Crippen molar-refractivity contribution in [3.05, 3.63) is 74.9 Å². The molecule has 1 heterocycles. The summed E-state index contributed by atoms with van der Waals surface area (Å²) in [5.41, 5.74) is 1.01. The monoisotopic (exact) mass is 452 g/mol. The van der Waals surface area contributed by atoms with Gasteiger partial charge in [-0.15, -0.1) is 0 Å². The topological polar surface area (TPSA) is 87.5 Å². The van der Waals surface area contributed by atoms with Crippen LogP contribution in [0.4, 0.5) is 11.4 Å². The lowest BCUT2D eigenvalue weighted by atomic mass is 10.2. The number of hydrogen-bond acceptors (Lipinski definition) is 4. The molecule has 2 amide bonds. The molecule has 2 N–H and O–H groups in total. The van der Waals surface area contributed by atoms with Crippen LogP contribution in [-0.4, -0.2) is 29.0 Å². The van der Waals surface area contributed by atoms with Crippen molar-refractivity contribution in [2.24, 2.45) is 0 Å². The predicted octanol–water partition coefficient (Wildman–Crippen LogP) is 4.24. The smallest absolute Gasteiger partial charge is 0.338 e. The summed E-state index contributed by atoms with van der Waals surface area (Å²) < 4.78 is 0. The second-order valence-electron chi connectivity index (χ2n) is 6.04. The maximum absolute atomic E-state index is 12.7. The fourth-order valence-corrected chi connectivity index (χ4v) is 3.78. The van der Waals surface area contributed by atoms with Crippen LogP contribution in [0.1, 0.15) is 16.8 Å². The van der Waals surface area contributed by atoms with Gasteiger partial charge in [-0.25, -0.2) is 15.1 Å². The van der Waals surface area contributed by atoms with E-state index < -0.39 is 11.8 Å². The van der Waals surface area contributed by atoms with Crippen LogP contribution in [0, 0.1) is 5.21 Å². The van der Waals surface area contributed by atoms with E-state index in [1.54, 1.807) is 18.2 Å². The van der Waals surface area contributed by atoms with Gasteiger partial charge >= 0.3 is 5.91 Å². The van der Waals surface area contributed by atoms with Crippen LogP contribution in [0.25, 0.3) is 0 Å². The number of anilines is 2. The van der Waals surface area contributed by atoms with Crippen molar-refractivity contribution in [3.8, 4) is 0 Å². The number of hydrazine groups is 1. The Balaban J connectivity index is 1.80. The van der Waals surface area contributed by atoms with Gasteiger partial charge < -0.3 is 10.5 Å². The molecule has 29 heavy (non-hydrogen) atoms. The maximum atomic E-state index is 12.7. The lowest BCUT2D eigenvalue weighted by Gasteiger charge is -2.23. The molecule has 0 atom stereocenters. The van der Waals surface area contributed by atoms with Crippen molar-refractivity contribution in [3.63, 3.8) is 0 Å². The normalized spacial score (nSPS) is 13.4. The molecule has 150 valence electrons. The molecule has 0 spiro atoms. The number of halogens is 3. The first kappa shape index (κ1) is 21.0. The SMILES string of the molecule is C=CC(=O)Nc1cccc(C(=O)NC2=[N+]([O-])N(c3c(Cl)cc(Cl)cc3Cl)CC2)c1. The molecule has 10 heteroatoms. The number of rotatable bonds is 4. The highest BCUT2D eigenvalue weighted by atomic mass is 35.5. The Morgan fingerprint density at radius 1 is 1.14 bits per heavy atom. The lowest BCUT2D eigenvalue weighted by Crippen LogP contribution is -2.36. The third kappa shape index (κ3) is 4.64. The van der Waals surface area contributed by atoms with Crippen molar-refractivity contribution in [2.45, 2.75) is 6.42 Å². The zero-order chi connectivity index (χ0) is 21.1. The van der Waals surface area contributed by atoms with Crippen molar-refractivity contribution < 1.29 is 14.4 Å². The molecule has 2 aromatic carbocycles. The number of hydrogen-bond donors (Lipinski definition) is 2. The molecule has 2 aromatic rings. The molecule has 3 rings (SSSR count). The Hall–Kier alpha value is -2.74. The van der Waals surface area contributed by atoms with E-state index in [1.807, 2.05) is 0 Å². The van der Waals surface area contributed by atoms with Gasteiger partial charge in [0.05, 0.1) is 28.6 Å². The van der Waals surface area contributed by atoms with Crippen molar-refractivity contribution in [1.29, 1.82) is 0 Å². The van der Waals surface area contributed by atoms with Crippen LogP contribution in [0.15, 0.2) is 49.1 Å². The molecule has 7 nitrogen and oxygen atoms in total. The van der Waals surface area contributed by atoms with Gasteiger partial charge in [-0.2, -0.15) is 4.85 Å². The number of nitrogens with zero attached hydrogens (tertiary/aromatic N) is 2. The van der Waals surface area contributed by atoms with Gasteiger partial charge in [0.2, 0.25) is 5.91 Å². The molecule has 0 saturated heterocycles. The highest BCUT2D eigenvalue weighted by molar-refractivity contribution is 6.41. The number of nitrogens with one attached hydrogen (secondary N) is 2. The van der Waals surface area contributed by atoms with E-state index in [1.165, 1.54) is 23.2 Å². The van der Waals surface area contributed by atoms with Crippen LogP contribution in [-0.2, 0) is 4.79 Å². The van der Waals surface area contributed by atoms with E-state index in [0.717, 1.165) is 6.08 Å². The molecular formula is C19H15Cl3N4O3. The summed E-state index contributed by atoms with van der Waals surface area (Å²) in [6.45, 7) is 3.65. The van der Waals surface area contributed by atoms with Gasteiger partial charge in [0.15, 0.2) is 0 Å². The lowest BCUT2D eigenvalue weighted by molar-refractivity contribution is -0.465. The molecule has 0 unspecified atom stereocenters. The quantitative estimate of drug-likeness (QED) is 0.412. The third-order valence-corrected chi connectivity index (χ3v) is 4.88. The van der Waals surface area contributed by atoms with Crippen molar-refractivity contribution >= 4 is 63.8 Å². The number of carbonyl (C=O) groups is 2. The van der Waals surface area contributed by atoms with Crippen LogP contribution in [0.2, 0.25) is 15.1 Å². The standard InChI is InChI=1S/C19H15Cl3N4O3/c1-2-17(27)23-13-5-3-4-11(8-13)19(28)24-16-6-7-25(26(16)29)18-14(21)9-12(20)10-15(18)22/h2-5,8-10H,1,6-7H2,(H,23,27)(H,24,28). The van der Waals surface area contributed by atoms with Gasteiger partial charge in [-0.05, 0) is 36.4 Å². The van der Waals surface area contributed by atoms with Gasteiger partial charge in [0.25, 0.3) is 5.84 Å². The summed E-state index contributed by atoms with van der Waals surface area (Å²) in [4.78, 5) is 24.5. The van der Waals surface area contributed by atoms with Gasteiger partial charge in [0, 0.05) is 10.7 Å². The minimum Gasteiger partial charge on any atom is -0.692 e. The molecule has 1 aliphatic heterocycles. The number of benzene rings is 2. The first-order valence-electron chi connectivity index (χ1n) is 8.40. The summed E-state index contributed by atoms with van der Waals surface area (Å²) in [6, 6.07) is 9.27. The van der Waals surface area contributed by atoms with Crippen molar-refractivity contribution in [2.75, 3.05) is 16.9 Å². The van der Waals surface area contributed by atoms with E-state index in [9.17, 15) is 14.8 Å². The number of hydrazone groups is 1. The molecule has 0 bridgehead atoms. The van der Waals surface area contributed by atoms with E-state index in [-0.39, 0.29) is 34.4 Å². The van der Waals surface area contributed by atoms with Gasteiger partial charge in [-0.1, -0.05) is 47.4 Å². The average Bonchev–Trinajstić information content (AvgIpc) is 3.01. The second kappa shape index (κ2) is 8.73. The summed E-state index contributed by atoms with van der Waals surface area (Å²) >= 11 is 18.3. The summed E-state index contributed by atoms with van der Waals surface area (Å²) in [7, 11) is 0. The summed E-state index contributed by atoms with van der Waals surface area (Å²) in [5.74, 6) is -0.755. The first-order valence-corrected chi connectivity index (χ1v) is 9.53. The van der Waals surface area contributed by atoms with E-state index in [2.05, 4.69) is 17.2 Å². The minimum absolute atomic E-state index is 0.137. The van der Waals surface area contributed by atoms with Crippen LogP contribution < -0.4 is 15.6 Å². The molecule has 0 aliphatic carbocycles. The van der Waals surface area contributed by atoms with Gasteiger partial charge in [-0.3, -0.25) is 4.79 Å². The Labute approximate surface area is 181 Å². The number of amidine groups is 1. The molecule has 0 aromatic heterocycles. The Kier molecular flexibility index (Phi) is 6.32. The number of carbonyl (C=O) groups excluding carboxylic acids is 2. The Morgan fingerprint density at radius 3 is 2.48 bits per heavy atom. The summed E-state index contributed by atoms with van der Waals surface area (Å²) in [6.07, 6.45) is 1.40. The Morgan fingerprint density at radius 2 is 1.83 bits per heavy atom. The molecule has 0 saturated carbocycles. The summed E-state index contributed by atoms with van der Waals surface area (Å²) in [5, 5.41) is 20.0. The van der Waals surface area contributed by atoms with E-state index in [4.69, 9.17) is 34.8 Å². The molecule has 0 radical (unpaired) electrons. The van der Waals surface area contributed by atoms with E-state index >= 15 is 0 Å². The first-order chi connectivity index (χ1) is 13.8. The maximum Gasteiger partial charge on any atom is 0.338 e.